The van der Waals surface area contributed by atoms with Crippen molar-refractivity contribution in [3.63, 3.8) is 0 Å². The summed E-state index contributed by atoms with van der Waals surface area (Å²) < 4.78 is 2.20. The number of amides is 1. The first kappa shape index (κ1) is 20.3. The van der Waals surface area contributed by atoms with Crippen LogP contribution in [0.1, 0.15) is 30.6 Å². The van der Waals surface area contributed by atoms with Gasteiger partial charge < -0.3 is 5.32 Å². The van der Waals surface area contributed by atoms with Crippen LogP contribution in [0.3, 0.4) is 0 Å². The lowest BCUT2D eigenvalue weighted by Gasteiger charge is -2.08. The normalized spacial score (nSPS) is 11.2. The van der Waals surface area contributed by atoms with Crippen molar-refractivity contribution in [2.75, 3.05) is 6.54 Å². The molecule has 1 aromatic heterocycles. The molecule has 3 aromatic carbocycles. The van der Waals surface area contributed by atoms with Crippen LogP contribution in [0, 0.1) is 5.92 Å². The van der Waals surface area contributed by atoms with E-state index in [4.69, 9.17) is 0 Å². The zero-order valence-electron chi connectivity index (χ0n) is 17.3. The van der Waals surface area contributed by atoms with Crippen LogP contribution in [0.25, 0.3) is 22.0 Å². The Morgan fingerprint density at radius 1 is 0.933 bits per heavy atom. The summed E-state index contributed by atoms with van der Waals surface area (Å²) in [5.74, 6) is 0.575. The van der Waals surface area contributed by atoms with Gasteiger partial charge in [0.1, 0.15) is 0 Å². The van der Waals surface area contributed by atoms with Crippen LogP contribution in [0.15, 0.2) is 90.0 Å². The maximum Gasteiger partial charge on any atom is 0.251 e. The molecule has 4 heteroatoms. The minimum absolute atomic E-state index is 0.00928. The lowest BCUT2D eigenvalue weighted by Crippen LogP contribution is -2.25. The van der Waals surface area contributed by atoms with Crippen molar-refractivity contribution in [2.45, 2.75) is 25.2 Å². The molecule has 0 radical (unpaired) electrons. The topological polar surface area (TPSA) is 34.0 Å². The van der Waals surface area contributed by atoms with Gasteiger partial charge in [-0.2, -0.15) is 0 Å². The van der Waals surface area contributed by atoms with Gasteiger partial charge in [0.15, 0.2) is 0 Å². The Kier molecular flexibility index (Phi) is 6.24. The highest BCUT2D eigenvalue weighted by molar-refractivity contribution is 7.98. The van der Waals surface area contributed by atoms with Crippen molar-refractivity contribution in [3.8, 4) is 11.1 Å². The van der Waals surface area contributed by atoms with Crippen molar-refractivity contribution in [1.29, 1.82) is 0 Å². The van der Waals surface area contributed by atoms with Crippen molar-refractivity contribution in [1.82, 2.24) is 9.29 Å². The first-order chi connectivity index (χ1) is 14.6. The van der Waals surface area contributed by atoms with E-state index < -0.39 is 0 Å². The number of hydrogen-bond donors (Lipinski definition) is 1. The SMILES string of the molecule is CC(C)CCNC(=O)c1ccc(Sn2cc(-c3ccccc3)c3ccccc32)cc1. The molecule has 4 aromatic rings. The molecular weight excluding hydrogens is 388 g/mol. The molecule has 0 saturated heterocycles. The number of fused-ring (bicyclic) bond motifs is 1. The fourth-order valence-electron chi connectivity index (χ4n) is 3.43. The molecule has 0 aliphatic heterocycles. The first-order valence-electron chi connectivity index (χ1n) is 10.3. The van der Waals surface area contributed by atoms with Gasteiger partial charge in [-0.3, -0.25) is 8.77 Å². The average Bonchev–Trinajstić information content (AvgIpc) is 3.13. The van der Waals surface area contributed by atoms with Crippen LogP contribution in [-0.2, 0) is 0 Å². The predicted molar refractivity (Wildman–Crippen MR) is 127 cm³/mol. The minimum Gasteiger partial charge on any atom is -0.352 e. The fourth-order valence-corrected chi connectivity index (χ4v) is 4.33. The molecule has 0 aliphatic rings. The molecule has 0 unspecified atom stereocenters. The maximum absolute atomic E-state index is 12.3. The average molecular weight is 415 g/mol. The van der Waals surface area contributed by atoms with Gasteiger partial charge in [-0.1, -0.05) is 62.4 Å². The molecule has 4 rings (SSSR count). The van der Waals surface area contributed by atoms with Crippen molar-refractivity contribution in [3.05, 3.63) is 90.6 Å². The zero-order valence-corrected chi connectivity index (χ0v) is 18.2. The lowest BCUT2D eigenvalue weighted by atomic mass is 10.1. The number of aromatic nitrogens is 1. The van der Waals surface area contributed by atoms with Gasteiger partial charge in [0.05, 0.1) is 5.52 Å². The molecule has 0 saturated carbocycles. The molecule has 1 heterocycles. The number of carbonyl (C=O) groups excluding carboxylic acids is 1. The van der Waals surface area contributed by atoms with E-state index >= 15 is 0 Å². The quantitative estimate of drug-likeness (QED) is 0.368. The largest absolute Gasteiger partial charge is 0.352 e. The van der Waals surface area contributed by atoms with Crippen molar-refractivity contribution >= 4 is 28.8 Å². The molecule has 3 nitrogen and oxygen atoms in total. The molecule has 0 spiro atoms. The summed E-state index contributed by atoms with van der Waals surface area (Å²) in [6, 6.07) is 26.7. The smallest absolute Gasteiger partial charge is 0.251 e. The summed E-state index contributed by atoms with van der Waals surface area (Å²) in [5.41, 5.74) is 4.31. The second-order valence-electron chi connectivity index (χ2n) is 7.81. The van der Waals surface area contributed by atoms with Gasteiger partial charge in [-0.05, 0) is 60.2 Å². The van der Waals surface area contributed by atoms with Gasteiger partial charge in [0.25, 0.3) is 5.91 Å². The van der Waals surface area contributed by atoms with Gasteiger partial charge in [0.2, 0.25) is 0 Å². The minimum atomic E-state index is -0.00928. The molecule has 0 atom stereocenters. The molecule has 0 fully saturated rings. The summed E-state index contributed by atoms with van der Waals surface area (Å²) in [7, 11) is 0. The summed E-state index contributed by atoms with van der Waals surface area (Å²) in [5, 5.41) is 4.23. The van der Waals surface area contributed by atoms with Gasteiger partial charge >= 0.3 is 0 Å². The number of rotatable bonds is 7. The number of nitrogens with one attached hydrogen (secondary N) is 1. The third kappa shape index (κ3) is 4.60. The third-order valence-electron chi connectivity index (χ3n) is 5.09. The van der Waals surface area contributed by atoms with Crippen LogP contribution in [0.4, 0.5) is 0 Å². The van der Waals surface area contributed by atoms with Crippen molar-refractivity contribution in [2.24, 2.45) is 5.92 Å². The Bertz CT molecular complexity index is 1130. The highest BCUT2D eigenvalue weighted by atomic mass is 32.2. The number of nitrogens with zero attached hydrogens (tertiary/aromatic N) is 1. The van der Waals surface area contributed by atoms with E-state index in [9.17, 15) is 4.79 Å². The monoisotopic (exact) mass is 414 g/mol. The lowest BCUT2D eigenvalue weighted by molar-refractivity contribution is 0.0952. The van der Waals surface area contributed by atoms with Crippen molar-refractivity contribution < 1.29 is 4.79 Å². The Labute approximate surface area is 182 Å². The highest BCUT2D eigenvalue weighted by Gasteiger charge is 2.11. The third-order valence-corrected chi connectivity index (χ3v) is 6.07. The van der Waals surface area contributed by atoms with Crippen LogP contribution < -0.4 is 5.32 Å². The van der Waals surface area contributed by atoms with Crippen LogP contribution in [0.2, 0.25) is 0 Å². The summed E-state index contributed by atoms with van der Waals surface area (Å²) in [6.07, 6.45) is 3.18. The van der Waals surface area contributed by atoms with Gasteiger partial charge in [-0.15, -0.1) is 0 Å². The van der Waals surface area contributed by atoms with Gasteiger partial charge in [0, 0.05) is 34.2 Å². The molecule has 0 aliphatic carbocycles. The van der Waals surface area contributed by atoms with E-state index in [0.717, 1.165) is 11.3 Å². The zero-order chi connectivity index (χ0) is 20.9. The molecular formula is C26H26N2OS. The van der Waals surface area contributed by atoms with E-state index in [-0.39, 0.29) is 5.91 Å². The molecule has 1 N–H and O–H groups in total. The Balaban J connectivity index is 1.54. The standard InChI is InChI=1S/C26H26N2OS/c1-19(2)16-17-27-26(29)21-12-14-22(15-13-21)30-28-18-24(20-8-4-3-5-9-20)23-10-6-7-11-25(23)28/h3-15,18-19H,16-17H2,1-2H3,(H,27,29). The number of carbonyl (C=O) groups is 1. The predicted octanol–water partition coefficient (Wildman–Crippen LogP) is 6.64. The van der Waals surface area contributed by atoms with E-state index in [1.165, 1.54) is 22.0 Å². The Morgan fingerprint density at radius 2 is 1.63 bits per heavy atom. The van der Waals surface area contributed by atoms with E-state index in [0.29, 0.717) is 18.0 Å². The summed E-state index contributed by atoms with van der Waals surface area (Å²) >= 11 is 1.66. The Hall–Kier alpha value is -2.98. The van der Waals surface area contributed by atoms with Crippen LogP contribution in [0.5, 0.6) is 0 Å². The number of hydrogen-bond acceptors (Lipinski definition) is 2. The van der Waals surface area contributed by atoms with Crippen LogP contribution >= 0.6 is 11.9 Å². The second kappa shape index (κ2) is 9.23. The summed E-state index contributed by atoms with van der Waals surface area (Å²) in [6.45, 7) is 5.03. The Morgan fingerprint density at radius 3 is 2.37 bits per heavy atom. The molecule has 152 valence electrons. The number of benzene rings is 3. The first-order valence-corrected chi connectivity index (χ1v) is 11.1. The second-order valence-corrected chi connectivity index (χ2v) is 8.85. The van der Waals surface area contributed by atoms with Gasteiger partial charge in [-0.25, -0.2) is 0 Å². The fraction of sp³-hybridized carbons (Fsp3) is 0.192. The number of para-hydroxylation sites is 1. The van der Waals surface area contributed by atoms with E-state index in [1.807, 2.05) is 30.3 Å². The maximum atomic E-state index is 12.3. The van der Waals surface area contributed by atoms with Crippen LogP contribution in [-0.4, -0.2) is 16.4 Å². The molecule has 1 amide bonds. The van der Waals surface area contributed by atoms with E-state index in [1.54, 1.807) is 11.9 Å². The highest BCUT2D eigenvalue weighted by Crippen LogP contribution is 2.35. The summed E-state index contributed by atoms with van der Waals surface area (Å²) in [4.78, 5) is 13.4. The molecule has 0 bridgehead atoms. The van der Waals surface area contributed by atoms with E-state index in [2.05, 4.69) is 77.9 Å². The molecule has 30 heavy (non-hydrogen) atoms.